The van der Waals surface area contributed by atoms with Crippen LogP contribution in [-0.2, 0) is 0 Å². The van der Waals surface area contributed by atoms with E-state index in [1.807, 2.05) is 19.0 Å². The highest BCUT2D eigenvalue weighted by Gasteiger charge is 2.19. The molecule has 0 amide bonds. The predicted molar refractivity (Wildman–Crippen MR) is 68.8 cm³/mol. The zero-order valence-corrected chi connectivity index (χ0v) is 10.5. The van der Waals surface area contributed by atoms with Gasteiger partial charge in [-0.15, -0.1) is 6.58 Å². The van der Waals surface area contributed by atoms with Gasteiger partial charge in [0.05, 0.1) is 12.6 Å². The van der Waals surface area contributed by atoms with E-state index in [9.17, 15) is 0 Å². The quantitative estimate of drug-likeness (QED) is 0.667. The summed E-state index contributed by atoms with van der Waals surface area (Å²) in [5.74, 6) is 1.58. The lowest BCUT2D eigenvalue weighted by molar-refractivity contribution is 0.547. The van der Waals surface area contributed by atoms with Gasteiger partial charge in [-0.2, -0.15) is 0 Å². The second kappa shape index (κ2) is 5.53. The van der Waals surface area contributed by atoms with E-state index in [1.54, 1.807) is 6.08 Å². The first-order valence-electron chi connectivity index (χ1n) is 5.48. The van der Waals surface area contributed by atoms with Gasteiger partial charge in [-0.3, -0.25) is 5.32 Å². The van der Waals surface area contributed by atoms with Crippen LogP contribution in [0.1, 0.15) is 13.8 Å². The second-order valence-corrected chi connectivity index (χ2v) is 4.12. The number of guanidine groups is 2. The summed E-state index contributed by atoms with van der Waals surface area (Å²) in [5.41, 5.74) is 0. The van der Waals surface area contributed by atoms with Crippen molar-refractivity contribution in [2.24, 2.45) is 9.98 Å². The summed E-state index contributed by atoms with van der Waals surface area (Å²) in [6, 6.07) is 0.467. The summed E-state index contributed by atoms with van der Waals surface area (Å²) in [6.45, 7) is 8.43. The third kappa shape index (κ3) is 3.25. The maximum Gasteiger partial charge on any atom is 0.200 e. The Kier molecular flexibility index (Phi) is 4.34. The van der Waals surface area contributed by atoms with Crippen molar-refractivity contribution in [2.75, 3.05) is 20.6 Å². The van der Waals surface area contributed by atoms with E-state index >= 15 is 0 Å². The van der Waals surface area contributed by atoms with Gasteiger partial charge in [-0.1, -0.05) is 6.08 Å². The van der Waals surface area contributed by atoms with Crippen molar-refractivity contribution in [2.45, 2.75) is 25.9 Å². The van der Waals surface area contributed by atoms with Crippen LogP contribution in [0.5, 0.6) is 0 Å². The van der Waals surface area contributed by atoms with E-state index in [0.29, 0.717) is 6.54 Å². The lowest BCUT2D eigenvalue weighted by Gasteiger charge is -2.16. The molecule has 2 unspecified atom stereocenters. The zero-order valence-electron chi connectivity index (χ0n) is 10.5. The summed E-state index contributed by atoms with van der Waals surface area (Å²) in [5, 5.41) is 6.48. The van der Waals surface area contributed by atoms with Crippen LogP contribution in [0.4, 0.5) is 0 Å². The molecule has 1 aliphatic rings. The smallest absolute Gasteiger partial charge is 0.200 e. The summed E-state index contributed by atoms with van der Waals surface area (Å²) in [7, 11) is 3.92. The monoisotopic (exact) mass is 223 g/mol. The van der Waals surface area contributed by atoms with Crippen LogP contribution in [0, 0.1) is 0 Å². The van der Waals surface area contributed by atoms with Gasteiger partial charge < -0.3 is 10.2 Å². The van der Waals surface area contributed by atoms with E-state index in [4.69, 9.17) is 0 Å². The summed E-state index contributed by atoms with van der Waals surface area (Å²) < 4.78 is 0. The molecular formula is C11H21N5. The number of nitrogens with zero attached hydrogens (tertiary/aromatic N) is 3. The second-order valence-electron chi connectivity index (χ2n) is 4.12. The predicted octanol–water partition coefficient (Wildman–Crippen LogP) is 0.416. The van der Waals surface area contributed by atoms with Crippen molar-refractivity contribution in [1.82, 2.24) is 15.5 Å². The number of hydrogen-bond acceptors (Lipinski definition) is 3. The van der Waals surface area contributed by atoms with Crippen LogP contribution in [-0.4, -0.2) is 49.5 Å². The number of aliphatic imine (C=N–C) groups is 2. The molecule has 1 aliphatic heterocycles. The van der Waals surface area contributed by atoms with Crippen LogP contribution in [0.15, 0.2) is 22.6 Å². The fraction of sp³-hybridized carbons (Fsp3) is 0.636. The molecule has 0 spiro atoms. The lowest BCUT2D eigenvalue weighted by atomic mass is 10.2. The van der Waals surface area contributed by atoms with Crippen molar-refractivity contribution in [3.8, 4) is 0 Å². The van der Waals surface area contributed by atoms with Gasteiger partial charge in [-0.05, 0) is 13.8 Å². The largest absolute Gasteiger partial charge is 0.351 e. The van der Waals surface area contributed by atoms with Gasteiger partial charge in [0.2, 0.25) is 5.96 Å². The van der Waals surface area contributed by atoms with Crippen LogP contribution in [0.2, 0.25) is 0 Å². The Labute approximate surface area is 97.3 Å². The highest BCUT2D eigenvalue weighted by molar-refractivity contribution is 5.99. The van der Waals surface area contributed by atoms with Gasteiger partial charge >= 0.3 is 0 Å². The van der Waals surface area contributed by atoms with E-state index < -0.39 is 0 Å². The highest BCUT2D eigenvalue weighted by atomic mass is 15.3. The molecule has 0 saturated heterocycles. The normalized spacial score (nSPS) is 27.5. The maximum absolute atomic E-state index is 4.58. The van der Waals surface area contributed by atoms with Crippen molar-refractivity contribution >= 4 is 11.9 Å². The fourth-order valence-electron chi connectivity index (χ4n) is 1.28. The van der Waals surface area contributed by atoms with Crippen molar-refractivity contribution in [3.05, 3.63) is 12.7 Å². The Bertz CT molecular complexity index is 305. The first-order valence-corrected chi connectivity index (χ1v) is 5.48. The van der Waals surface area contributed by atoms with Gasteiger partial charge in [0, 0.05) is 20.1 Å². The molecule has 0 aromatic carbocycles. The standard InChI is InChI=1S/C11H21N5/c1-6-7-12-10-13-8(2)9(3)14-11(15-10)16(4)5/h6,8-9H,1,7H2,2-5H3,(H2,12,13,14,15). The topological polar surface area (TPSA) is 52.0 Å². The average molecular weight is 223 g/mol. The molecule has 0 radical (unpaired) electrons. The Balaban J connectivity index is 2.86. The van der Waals surface area contributed by atoms with Crippen molar-refractivity contribution in [3.63, 3.8) is 0 Å². The highest BCUT2D eigenvalue weighted by Crippen LogP contribution is 2.02. The Hall–Kier alpha value is -1.52. The summed E-state index contributed by atoms with van der Waals surface area (Å²) in [4.78, 5) is 10.9. The van der Waals surface area contributed by atoms with Crippen molar-refractivity contribution in [1.29, 1.82) is 0 Å². The van der Waals surface area contributed by atoms with Crippen LogP contribution in [0.25, 0.3) is 0 Å². The van der Waals surface area contributed by atoms with Crippen LogP contribution in [0.3, 0.4) is 0 Å². The molecule has 0 aliphatic carbocycles. The Morgan fingerprint density at radius 3 is 2.75 bits per heavy atom. The third-order valence-corrected chi connectivity index (χ3v) is 2.45. The third-order valence-electron chi connectivity index (χ3n) is 2.45. The summed E-state index contributed by atoms with van der Waals surface area (Å²) in [6.07, 6.45) is 1.77. The zero-order chi connectivity index (χ0) is 12.1. The fourth-order valence-corrected chi connectivity index (χ4v) is 1.28. The molecule has 0 bridgehead atoms. The molecule has 1 heterocycles. The molecule has 90 valence electrons. The molecule has 2 N–H and O–H groups in total. The van der Waals surface area contributed by atoms with E-state index in [2.05, 4.69) is 41.0 Å². The molecule has 16 heavy (non-hydrogen) atoms. The maximum atomic E-state index is 4.58. The number of rotatable bonds is 2. The van der Waals surface area contributed by atoms with Gasteiger partial charge in [0.15, 0.2) is 5.96 Å². The minimum Gasteiger partial charge on any atom is -0.351 e. The molecule has 0 aromatic rings. The van der Waals surface area contributed by atoms with Gasteiger partial charge in [0.1, 0.15) is 0 Å². The van der Waals surface area contributed by atoms with Crippen LogP contribution < -0.4 is 10.6 Å². The van der Waals surface area contributed by atoms with Crippen LogP contribution >= 0.6 is 0 Å². The molecular weight excluding hydrogens is 202 g/mol. The molecule has 5 nitrogen and oxygen atoms in total. The van der Waals surface area contributed by atoms with Gasteiger partial charge in [-0.25, -0.2) is 9.98 Å². The minimum atomic E-state index is 0.210. The lowest BCUT2D eigenvalue weighted by Crippen LogP contribution is -2.47. The number of nitrogens with one attached hydrogen (secondary N) is 2. The van der Waals surface area contributed by atoms with E-state index in [-0.39, 0.29) is 12.1 Å². The minimum absolute atomic E-state index is 0.210. The average Bonchev–Trinajstić information content (AvgIpc) is 2.36. The molecule has 0 aromatic heterocycles. The summed E-state index contributed by atoms with van der Waals surface area (Å²) >= 11 is 0. The molecule has 0 saturated carbocycles. The number of hydrogen-bond donors (Lipinski definition) is 2. The molecule has 2 atom stereocenters. The molecule has 1 rings (SSSR count). The Morgan fingerprint density at radius 1 is 1.50 bits per heavy atom. The van der Waals surface area contributed by atoms with Crippen molar-refractivity contribution < 1.29 is 0 Å². The first kappa shape index (κ1) is 12.5. The van der Waals surface area contributed by atoms with E-state index in [1.165, 1.54) is 0 Å². The molecule has 5 heteroatoms. The van der Waals surface area contributed by atoms with E-state index in [0.717, 1.165) is 11.9 Å². The Morgan fingerprint density at radius 2 is 2.19 bits per heavy atom. The first-order chi connectivity index (χ1) is 7.54. The van der Waals surface area contributed by atoms with Gasteiger partial charge in [0.25, 0.3) is 0 Å². The molecule has 0 fully saturated rings. The SMILES string of the molecule is C=CCN=C1NC(N(C)C)=NC(C)C(C)N1.